The van der Waals surface area contributed by atoms with Crippen LogP contribution in [-0.2, 0) is 6.54 Å². The summed E-state index contributed by atoms with van der Waals surface area (Å²) in [4.78, 5) is 18.6. The third-order valence-corrected chi connectivity index (χ3v) is 4.71. The summed E-state index contributed by atoms with van der Waals surface area (Å²) in [6, 6.07) is 8.37. The normalized spacial score (nSPS) is 17.7. The number of urea groups is 1. The predicted molar refractivity (Wildman–Crippen MR) is 102 cm³/mol. The fraction of sp³-hybridized carbons (Fsp3) is 0.400. The number of likely N-dealkylation sites (tertiary alicyclic amines) is 1. The summed E-state index contributed by atoms with van der Waals surface area (Å²) in [5, 5.41) is 5.40. The number of carbonyl (C=O) groups is 1. The van der Waals surface area contributed by atoms with Crippen LogP contribution in [0.5, 0.6) is 0 Å². The molecule has 2 aromatic rings. The van der Waals surface area contributed by atoms with Gasteiger partial charge >= 0.3 is 6.03 Å². The number of hydrogen-bond donors (Lipinski definition) is 2. The number of aromatic nitrogens is 1. The van der Waals surface area contributed by atoms with Gasteiger partial charge in [-0.1, -0.05) is 6.42 Å². The number of amides is 2. The van der Waals surface area contributed by atoms with Crippen LogP contribution in [0.15, 0.2) is 36.5 Å². The van der Waals surface area contributed by atoms with E-state index in [1.54, 1.807) is 12.3 Å². The SMILES string of the molecule is Cc1ccc(NC(=O)Nc2cc(F)cc(CN3CCCCC3C)c2)cn1. The van der Waals surface area contributed by atoms with E-state index in [4.69, 9.17) is 0 Å². The lowest BCUT2D eigenvalue weighted by atomic mass is 10.0. The van der Waals surface area contributed by atoms with Crippen LogP contribution in [-0.4, -0.2) is 28.5 Å². The van der Waals surface area contributed by atoms with Gasteiger partial charge in [0.15, 0.2) is 0 Å². The van der Waals surface area contributed by atoms with Crippen LogP contribution in [0.1, 0.15) is 37.4 Å². The van der Waals surface area contributed by atoms with Gasteiger partial charge in [-0.15, -0.1) is 0 Å². The fourth-order valence-electron chi connectivity index (χ4n) is 3.28. The lowest BCUT2D eigenvalue weighted by molar-refractivity contribution is 0.152. The zero-order valence-electron chi connectivity index (χ0n) is 15.3. The summed E-state index contributed by atoms with van der Waals surface area (Å²) < 4.78 is 14.0. The van der Waals surface area contributed by atoms with E-state index in [0.29, 0.717) is 24.0 Å². The Balaban J connectivity index is 1.64. The molecule has 0 saturated carbocycles. The fourth-order valence-corrected chi connectivity index (χ4v) is 3.28. The Bertz CT molecular complexity index is 763. The lowest BCUT2D eigenvalue weighted by Crippen LogP contribution is -2.36. The Labute approximate surface area is 153 Å². The molecule has 138 valence electrons. The minimum Gasteiger partial charge on any atom is -0.308 e. The number of anilines is 2. The molecular weight excluding hydrogens is 331 g/mol. The third kappa shape index (κ3) is 5.02. The standard InChI is InChI=1S/C20H25FN4O/c1-14-6-7-18(12-22-14)23-20(26)24-19-10-16(9-17(21)11-19)13-25-8-4-3-5-15(25)2/h6-7,9-12,15H,3-5,8,13H2,1-2H3,(H2,23,24,26). The van der Waals surface area contributed by atoms with Crippen LogP contribution in [0, 0.1) is 12.7 Å². The van der Waals surface area contributed by atoms with Crippen molar-refractivity contribution in [3.05, 3.63) is 53.6 Å². The number of rotatable bonds is 4. The highest BCUT2D eigenvalue weighted by molar-refractivity contribution is 5.99. The Hall–Kier alpha value is -2.47. The Kier molecular flexibility index (Phi) is 5.83. The zero-order valence-corrected chi connectivity index (χ0v) is 15.3. The smallest absolute Gasteiger partial charge is 0.308 e. The molecular formula is C20H25FN4O. The number of pyridine rings is 1. The molecule has 26 heavy (non-hydrogen) atoms. The van der Waals surface area contributed by atoms with Crippen molar-refractivity contribution in [1.82, 2.24) is 9.88 Å². The summed E-state index contributed by atoms with van der Waals surface area (Å²) in [6.45, 7) is 5.81. The molecule has 2 N–H and O–H groups in total. The molecule has 1 aliphatic heterocycles. The molecule has 1 saturated heterocycles. The first kappa shape index (κ1) is 18.3. The van der Waals surface area contributed by atoms with E-state index in [-0.39, 0.29) is 5.82 Å². The molecule has 1 aromatic heterocycles. The maximum absolute atomic E-state index is 14.0. The molecule has 0 spiro atoms. The number of benzene rings is 1. The second-order valence-electron chi connectivity index (χ2n) is 6.93. The van der Waals surface area contributed by atoms with E-state index >= 15 is 0 Å². The van der Waals surface area contributed by atoms with Crippen LogP contribution < -0.4 is 10.6 Å². The predicted octanol–water partition coefficient (Wildman–Crippen LogP) is 4.55. The van der Waals surface area contributed by atoms with Crippen molar-refractivity contribution >= 4 is 17.4 Å². The van der Waals surface area contributed by atoms with Crippen LogP contribution in [0.2, 0.25) is 0 Å². The van der Waals surface area contributed by atoms with Crippen molar-refractivity contribution in [2.75, 3.05) is 17.2 Å². The van der Waals surface area contributed by atoms with E-state index in [2.05, 4.69) is 27.4 Å². The molecule has 6 heteroatoms. The number of carbonyl (C=O) groups excluding carboxylic acids is 1. The van der Waals surface area contributed by atoms with Crippen molar-refractivity contribution in [2.45, 2.75) is 45.7 Å². The molecule has 2 heterocycles. The minimum atomic E-state index is -0.418. The average Bonchev–Trinajstić information content (AvgIpc) is 2.58. The van der Waals surface area contributed by atoms with E-state index in [1.165, 1.54) is 31.4 Å². The number of piperidine rings is 1. The van der Waals surface area contributed by atoms with Gasteiger partial charge in [0.2, 0.25) is 0 Å². The van der Waals surface area contributed by atoms with Gasteiger partial charge in [-0.3, -0.25) is 9.88 Å². The molecule has 1 aromatic carbocycles. The lowest BCUT2D eigenvalue weighted by Gasteiger charge is -2.33. The molecule has 0 bridgehead atoms. The second-order valence-corrected chi connectivity index (χ2v) is 6.93. The van der Waals surface area contributed by atoms with Gasteiger partial charge in [0.25, 0.3) is 0 Å². The number of nitrogens with zero attached hydrogens (tertiary/aromatic N) is 2. The van der Waals surface area contributed by atoms with Crippen molar-refractivity contribution in [1.29, 1.82) is 0 Å². The van der Waals surface area contributed by atoms with Crippen LogP contribution in [0.25, 0.3) is 0 Å². The highest BCUT2D eigenvalue weighted by atomic mass is 19.1. The summed E-state index contributed by atoms with van der Waals surface area (Å²) in [5.41, 5.74) is 2.78. The summed E-state index contributed by atoms with van der Waals surface area (Å²) in [5.74, 6) is -0.348. The molecule has 5 nitrogen and oxygen atoms in total. The summed E-state index contributed by atoms with van der Waals surface area (Å²) in [7, 11) is 0. The average molecular weight is 356 g/mol. The minimum absolute atomic E-state index is 0.348. The summed E-state index contributed by atoms with van der Waals surface area (Å²) in [6.07, 6.45) is 5.19. The number of halogens is 1. The van der Waals surface area contributed by atoms with Gasteiger partial charge < -0.3 is 10.6 Å². The maximum Gasteiger partial charge on any atom is 0.323 e. The molecule has 1 unspecified atom stereocenters. The molecule has 0 aliphatic carbocycles. The van der Waals surface area contributed by atoms with Gasteiger partial charge in [0.05, 0.1) is 11.9 Å². The van der Waals surface area contributed by atoms with Gasteiger partial charge in [-0.25, -0.2) is 9.18 Å². The third-order valence-electron chi connectivity index (χ3n) is 4.71. The number of aryl methyl sites for hydroxylation is 1. The first-order valence-electron chi connectivity index (χ1n) is 9.04. The van der Waals surface area contributed by atoms with Gasteiger partial charge in [-0.2, -0.15) is 0 Å². The molecule has 1 fully saturated rings. The first-order valence-corrected chi connectivity index (χ1v) is 9.04. The van der Waals surface area contributed by atoms with E-state index in [9.17, 15) is 9.18 Å². The number of hydrogen-bond acceptors (Lipinski definition) is 3. The quantitative estimate of drug-likeness (QED) is 0.845. The maximum atomic E-state index is 14.0. The largest absolute Gasteiger partial charge is 0.323 e. The Morgan fingerprint density at radius 3 is 2.77 bits per heavy atom. The highest BCUT2D eigenvalue weighted by Crippen LogP contribution is 2.22. The Morgan fingerprint density at radius 1 is 1.23 bits per heavy atom. The van der Waals surface area contributed by atoms with Crippen LogP contribution >= 0.6 is 0 Å². The van der Waals surface area contributed by atoms with Gasteiger partial charge in [0.1, 0.15) is 5.82 Å². The highest BCUT2D eigenvalue weighted by Gasteiger charge is 2.18. The van der Waals surface area contributed by atoms with Crippen molar-refractivity contribution in [2.24, 2.45) is 0 Å². The van der Waals surface area contributed by atoms with Gasteiger partial charge in [-0.05, 0) is 69.1 Å². The molecule has 2 amide bonds. The molecule has 0 radical (unpaired) electrons. The van der Waals surface area contributed by atoms with Crippen LogP contribution in [0.3, 0.4) is 0 Å². The monoisotopic (exact) mass is 356 g/mol. The summed E-state index contributed by atoms with van der Waals surface area (Å²) >= 11 is 0. The van der Waals surface area contributed by atoms with E-state index in [0.717, 1.165) is 17.8 Å². The Morgan fingerprint density at radius 2 is 2.04 bits per heavy atom. The van der Waals surface area contributed by atoms with Crippen molar-refractivity contribution in [3.63, 3.8) is 0 Å². The molecule has 1 atom stereocenters. The topological polar surface area (TPSA) is 57.3 Å². The first-order chi connectivity index (χ1) is 12.5. The van der Waals surface area contributed by atoms with Crippen molar-refractivity contribution in [3.8, 4) is 0 Å². The number of nitrogens with one attached hydrogen (secondary N) is 2. The van der Waals surface area contributed by atoms with E-state index in [1.807, 2.05) is 19.1 Å². The van der Waals surface area contributed by atoms with Crippen molar-refractivity contribution < 1.29 is 9.18 Å². The second kappa shape index (κ2) is 8.27. The van der Waals surface area contributed by atoms with E-state index < -0.39 is 6.03 Å². The zero-order chi connectivity index (χ0) is 18.5. The van der Waals surface area contributed by atoms with Gasteiger partial charge in [0, 0.05) is 24.0 Å². The molecule has 3 rings (SSSR count). The van der Waals surface area contributed by atoms with Crippen LogP contribution in [0.4, 0.5) is 20.6 Å². The molecule has 1 aliphatic rings.